The van der Waals surface area contributed by atoms with Crippen LogP contribution >= 0.6 is 0 Å². The van der Waals surface area contributed by atoms with Crippen molar-refractivity contribution in [1.29, 1.82) is 0 Å². The average molecular weight is 600 g/mol. The highest BCUT2D eigenvalue weighted by Crippen LogP contribution is 2.43. The minimum absolute atomic E-state index is 0.00722. The van der Waals surface area contributed by atoms with Gasteiger partial charge in [0.15, 0.2) is 0 Å². The van der Waals surface area contributed by atoms with Crippen LogP contribution in [-0.4, -0.2) is 53.6 Å². The van der Waals surface area contributed by atoms with Gasteiger partial charge in [0.05, 0.1) is 26.9 Å². The first-order valence-corrected chi connectivity index (χ1v) is 14.5. The summed E-state index contributed by atoms with van der Waals surface area (Å²) in [7, 11) is 3.24. The number of hydrogen-bond acceptors (Lipinski definition) is 8. The number of hydrogen-bond donors (Lipinski definition) is 2. The van der Waals surface area contributed by atoms with Crippen LogP contribution in [0.25, 0.3) is 0 Å². The first kappa shape index (κ1) is 30.9. The molecule has 44 heavy (non-hydrogen) atoms. The van der Waals surface area contributed by atoms with Gasteiger partial charge in [-0.2, -0.15) is 4.98 Å². The molecule has 1 amide bonds. The SMILES string of the molecule is CC[C@@H]1[C@H](O)[C@@H](COC(c2ccccc2)(c2ccc(OC)cc2)c2ccc(OC)cc2)O[C@H]1n1ccc(NC(C)=O)nc1=O. The van der Waals surface area contributed by atoms with Gasteiger partial charge in [0.2, 0.25) is 5.91 Å². The van der Waals surface area contributed by atoms with Crippen LogP contribution in [0.1, 0.15) is 43.2 Å². The highest BCUT2D eigenvalue weighted by molar-refractivity contribution is 5.87. The number of nitrogens with zero attached hydrogens (tertiary/aromatic N) is 2. The van der Waals surface area contributed by atoms with Crippen molar-refractivity contribution in [2.75, 3.05) is 26.1 Å². The number of aromatic nitrogens is 2. The van der Waals surface area contributed by atoms with Gasteiger partial charge in [0.25, 0.3) is 0 Å². The maximum absolute atomic E-state index is 12.9. The van der Waals surface area contributed by atoms with Crippen LogP contribution in [-0.2, 0) is 19.9 Å². The number of rotatable bonds is 11. The third-order valence-electron chi connectivity index (χ3n) is 8.02. The molecule has 4 atom stereocenters. The normalized spacial score (nSPS) is 19.8. The van der Waals surface area contributed by atoms with Crippen molar-refractivity contribution in [1.82, 2.24) is 9.55 Å². The average Bonchev–Trinajstić information content (AvgIpc) is 3.36. The number of ether oxygens (including phenoxy) is 4. The Bertz CT molecular complexity index is 1560. The molecule has 1 aliphatic rings. The third-order valence-corrected chi connectivity index (χ3v) is 8.02. The number of aliphatic hydroxyl groups excluding tert-OH is 1. The van der Waals surface area contributed by atoms with Crippen molar-refractivity contribution >= 4 is 11.7 Å². The lowest BCUT2D eigenvalue weighted by Gasteiger charge is -2.37. The van der Waals surface area contributed by atoms with Crippen LogP contribution in [0, 0.1) is 5.92 Å². The lowest BCUT2D eigenvalue weighted by molar-refractivity contribution is -0.114. The van der Waals surface area contributed by atoms with E-state index >= 15 is 0 Å². The Morgan fingerprint density at radius 2 is 1.50 bits per heavy atom. The number of carbonyl (C=O) groups excluding carboxylic acids is 1. The number of amides is 1. The zero-order valence-electron chi connectivity index (χ0n) is 25.2. The van der Waals surface area contributed by atoms with Crippen LogP contribution < -0.4 is 20.5 Å². The molecule has 0 spiro atoms. The van der Waals surface area contributed by atoms with Crippen LogP contribution in [0.15, 0.2) is 95.9 Å². The molecule has 1 saturated heterocycles. The number of carbonyl (C=O) groups is 1. The van der Waals surface area contributed by atoms with Crippen molar-refractivity contribution in [2.24, 2.45) is 5.92 Å². The summed E-state index contributed by atoms with van der Waals surface area (Å²) in [5.74, 6) is 0.829. The maximum Gasteiger partial charge on any atom is 0.351 e. The second-order valence-corrected chi connectivity index (χ2v) is 10.6. The Labute approximate surface area is 256 Å². The van der Waals surface area contributed by atoms with Gasteiger partial charge in [-0.1, -0.05) is 61.5 Å². The minimum atomic E-state index is -1.10. The topological polar surface area (TPSA) is 121 Å². The first-order valence-electron chi connectivity index (χ1n) is 14.5. The van der Waals surface area contributed by atoms with Crippen LogP contribution in [0.4, 0.5) is 5.82 Å². The van der Waals surface area contributed by atoms with Gasteiger partial charge in [-0.3, -0.25) is 9.36 Å². The summed E-state index contributed by atoms with van der Waals surface area (Å²) in [6.07, 6.45) is -0.391. The minimum Gasteiger partial charge on any atom is -0.497 e. The molecule has 0 unspecified atom stereocenters. The predicted molar refractivity (Wildman–Crippen MR) is 165 cm³/mol. The van der Waals surface area contributed by atoms with E-state index in [1.54, 1.807) is 14.2 Å². The van der Waals surface area contributed by atoms with Crippen molar-refractivity contribution in [2.45, 2.75) is 44.3 Å². The van der Waals surface area contributed by atoms with E-state index in [4.69, 9.17) is 18.9 Å². The number of aliphatic hydroxyl groups is 1. The standard InChI is InChI=1S/C34H37N3O7/c1-5-28-31(39)29(44-32(28)37-20-19-30(35-22(2)38)36-33(37)40)21-43-34(23-9-7-6-8-10-23,24-11-15-26(41-3)16-12-24)25-13-17-27(42-4)18-14-25/h6-20,28-29,31-32,39H,5,21H2,1-4H3,(H,35,36,38,40)/t28-,29-,31+,32-/m1/s1. The predicted octanol–water partition coefficient (Wildman–Crippen LogP) is 4.51. The molecule has 2 N–H and O–H groups in total. The van der Waals surface area contributed by atoms with Gasteiger partial charge in [0, 0.05) is 19.0 Å². The maximum atomic E-state index is 12.9. The van der Waals surface area contributed by atoms with Gasteiger partial charge in [-0.25, -0.2) is 4.79 Å². The molecule has 5 rings (SSSR count). The molecule has 10 heteroatoms. The summed E-state index contributed by atoms with van der Waals surface area (Å²) in [6.45, 7) is 3.28. The first-order chi connectivity index (χ1) is 21.3. The highest BCUT2D eigenvalue weighted by Gasteiger charge is 2.46. The largest absolute Gasteiger partial charge is 0.497 e. The number of methoxy groups -OCH3 is 2. The molecule has 10 nitrogen and oxygen atoms in total. The van der Waals surface area contributed by atoms with Crippen molar-refractivity contribution < 1.29 is 28.8 Å². The van der Waals surface area contributed by atoms with E-state index in [1.165, 1.54) is 23.8 Å². The Morgan fingerprint density at radius 1 is 0.932 bits per heavy atom. The second-order valence-electron chi connectivity index (χ2n) is 10.6. The summed E-state index contributed by atoms with van der Waals surface area (Å²) in [5.41, 5.74) is 0.879. The zero-order valence-corrected chi connectivity index (χ0v) is 25.2. The molecule has 0 bridgehead atoms. The van der Waals surface area contributed by atoms with Crippen molar-refractivity contribution in [3.8, 4) is 11.5 Å². The van der Waals surface area contributed by atoms with E-state index < -0.39 is 35.6 Å². The molecule has 0 radical (unpaired) electrons. The Kier molecular flexibility index (Phi) is 9.43. The molecule has 230 valence electrons. The lowest BCUT2D eigenvalue weighted by atomic mass is 9.80. The molecule has 3 aromatic carbocycles. The van der Waals surface area contributed by atoms with Gasteiger partial charge in [-0.05, 0) is 53.4 Å². The number of anilines is 1. The van der Waals surface area contributed by atoms with E-state index in [-0.39, 0.29) is 18.3 Å². The molecule has 2 heterocycles. The monoisotopic (exact) mass is 599 g/mol. The summed E-state index contributed by atoms with van der Waals surface area (Å²) in [6, 6.07) is 26.8. The quantitative estimate of drug-likeness (QED) is 0.242. The van der Waals surface area contributed by atoms with E-state index in [0.29, 0.717) is 17.9 Å². The zero-order chi connectivity index (χ0) is 31.3. The highest BCUT2D eigenvalue weighted by atomic mass is 16.6. The van der Waals surface area contributed by atoms with E-state index in [2.05, 4.69) is 10.3 Å². The second kappa shape index (κ2) is 13.4. The number of nitrogens with one attached hydrogen (secondary N) is 1. The molecular formula is C34H37N3O7. The van der Waals surface area contributed by atoms with E-state index in [0.717, 1.165) is 16.7 Å². The molecule has 1 fully saturated rings. The Morgan fingerprint density at radius 3 is 2.00 bits per heavy atom. The fraction of sp³-hybridized carbons (Fsp3) is 0.324. The molecule has 1 aliphatic heterocycles. The van der Waals surface area contributed by atoms with Gasteiger partial charge in [0.1, 0.15) is 35.2 Å². The van der Waals surface area contributed by atoms with Gasteiger partial charge >= 0.3 is 5.69 Å². The third kappa shape index (κ3) is 6.10. The molecule has 4 aromatic rings. The summed E-state index contributed by atoms with van der Waals surface area (Å²) in [5, 5.41) is 14.0. The van der Waals surface area contributed by atoms with Crippen molar-refractivity contribution in [3.05, 3.63) is 118 Å². The Hall–Kier alpha value is -4.51. The number of benzene rings is 3. The molecule has 0 aliphatic carbocycles. The van der Waals surface area contributed by atoms with E-state index in [9.17, 15) is 14.7 Å². The van der Waals surface area contributed by atoms with Crippen molar-refractivity contribution in [3.63, 3.8) is 0 Å². The van der Waals surface area contributed by atoms with E-state index in [1.807, 2.05) is 85.8 Å². The van der Waals surface area contributed by atoms with Crippen LogP contribution in [0.3, 0.4) is 0 Å². The summed E-state index contributed by atoms with van der Waals surface area (Å²) >= 11 is 0. The lowest BCUT2D eigenvalue weighted by Crippen LogP contribution is -2.38. The fourth-order valence-electron chi connectivity index (χ4n) is 5.80. The van der Waals surface area contributed by atoms with Gasteiger partial charge < -0.3 is 29.4 Å². The summed E-state index contributed by atoms with van der Waals surface area (Å²) < 4.78 is 25.5. The Balaban J connectivity index is 1.53. The molecule has 0 saturated carbocycles. The van der Waals surface area contributed by atoms with Crippen LogP contribution in [0.5, 0.6) is 11.5 Å². The smallest absolute Gasteiger partial charge is 0.351 e. The molecular weight excluding hydrogens is 562 g/mol. The molecule has 1 aromatic heterocycles. The van der Waals surface area contributed by atoms with Crippen LogP contribution in [0.2, 0.25) is 0 Å². The summed E-state index contributed by atoms with van der Waals surface area (Å²) in [4.78, 5) is 28.3. The fourth-order valence-corrected chi connectivity index (χ4v) is 5.80. The van der Waals surface area contributed by atoms with Gasteiger partial charge in [-0.15, -0.1) is 0 Å².